The van der Waals surface area contributed by atoms with Crippen LogP contribution >= 0.6 is 11.6 Å². The van der Waals surface area contributed by atoms with Crippen molar-refractivity contribution in [3.05, 3.63) is 52.3 Å². The fourth-order valence-corrected chi connectivity index (χ4v) is 2.13. The average Bonchev–Trinajstić information content (AvgIpc) is 2.71. The predicted molar refractivity (Wildman–Crippen MR) is 71.5 cm³/mol. The van der Waals surface area contributed by atoms with Crippen LogP contribution in [0.2, 0.25) is 5.02 Å². The number of rotatable bonds is 4. The summed E-state index contributed by atoms with van der Waals surface area (Å²) in [6.45, 7) is 5.08. The SMILES string of the molecule is CCc1cc(CC)n(Cc2cccc(Cl)c2)n1. The van der Waals surface area contributed by atoms with Crippen LogP contribution in [0.15, 0.2) is 30.3 Å². The summed E-state index contributed by atoms with van der Waals surface area (Å²) in [5, 5.41) is 5.38. The third kappa shape index (κ3) is 2.89. The van der Waals surface area contributed by atoms with E-state index in [0.717, 1.165) is 30.1 Å². The van der Waals surface area contributed by atoms with Gasteiger partial charge in [-0.25, -0.2) is 0 Å². The molecule has 1 aromatic carbocycles. The molecule has 0 aliphatic rings. The fourth-order valence-electron chi connectivity index (χ4n) is 1.92. The second-order valence-corrected chi connectivity index (χ2v) is 4.56. The van der Waals surface area contributed by atoms with Gasteiger partial charge in [-0.1, -0.05) is 37.6 Å². The van der Waals surface area contributed by atoms with Crippen LogP contribution in [0.1, 0.15) is 30.8 Å². The Balaban J connectivity index is 2.25. The predicted octanol–water partition coefficient (Wildman–Crippen LogP) is 3.71. The summed E-state index contributed by atoms with van der Waals surface area (Å²) < 4.78 is 2.07. The van der Waals surface area contributed by atoms with Crippen LogP contribution in [0.5, 0.6) is 0 Å². The molecule has 0 radical (unpaired) electrons. The van der Waals surface area contributed by atoms with Gasteiger partial charge >= 0.3 is 0 Å². The largest absolute Gasteiger partial charge is 0.265 e. The topological polar surface area (TPSA) is 17.8 Å². The highest BCUT2D eigenvalue weighted by atomic mass is 35.5. The van der Waals surface area contributed by atoms with E-state index in [1.807, 2.05) is 18.2 Å². The summed E-state index contributed by atoms with van der Waals surface area (Å²) in [5.41, 5.74) is 3.63. The van der Waals surface area contributed by atoms with Crippen LogP contribution in [0.3, 0.4) is 0 Å². The Morgan fingerprint density at radius 2 is 2.00 bits per heavy atom. The van der Waals surface area contributed by atoms with Gasteiger partial charge in [0.2, 0.25) is 0 Å². The number of halogens is 1. The van der Waals surface area contributed by atoms with Crippen molar-refractivity contribution in [3.63, 3.8) is 0 Å². The molecule has 2 rings (SSSR count). The van der Waals surface area contributed by atoms with Gasteiger partial charge in [-0.15, -0.1) is 0 Å². The van der Waals surface area contributed by atoms with Crippen LogP contribution in [0, 0.1) is 0 Å². The first kappa shape index (κ1) is 12.2. The third-order valence-electron chi connectivity index (χ3n) is 2.86. The number of benzene rings is 1. The van der Waals surface area contributed by atoms with Crippen molar-refractivity contribution in [3.8, 4) is 0 Å². The third-order valence-corrected chi connectivity index (χ3v) is 3.09. The summed E-state index contributed by atoms with van der Waals surface area (Å²) in [7, 11) is 0. The molecule has 90 valence electrons. The lowest BCUT2D eigenvalue weighted by Crippen LogP contribution is -2.05. The highest BCUT2D eigenvalue weighted by molar-refractivity contribution is 6.30. The van der Waals surface area contributed by atoms with E-state index in [0.29, 0.717) is 0 Å². The lowest BCUT2D eigenvalue weighted by molar-refractivity contribution is 0.640. The van der Waals surface area contributed by atoms with Crippen molar-refractivity contribution in [2.75, 3.05) is 0 Å². The molecule has 0 fully saturated rings. The Morgan fingerprint density at radius 3 is 2.65 bits per heavy atom. The van der Waals surface area contributed by atoms with Crippen LogP contribution in [0.25, 0.3) is 0 Å². The van der Waals surface area contributed by atoms with Crippen LogP contribution in [-0.4, -0.2) is 9.78 Å². The minimum absolute atomic E-state index is 0.781. The molecular weight excluding hydrogens is 232 g/mol. The second kappa shape index (κ2) is 5.37. The number of nitrogens with zero attached hydrogens (tertiary/aromatic N) is 2. The molecule has 0 atom stereocenters. The Labute approximate surface area is 107 Å². The molecule has 0 unspecified atom stereocenters. The monoisotopic (exact) mass is 248 g/mol. The molecule has 1 aromatic heterocycles. The van der Waals surface area contributed by atoms with E-state index in [9.17, 15) is 0 Å². The summed E-state index contributed by atoms with van der Waals surface area (Å²) in [6.07, 6.45) is 1.99. The average molecular weight is 249 g/mol. The number of aromatic nitrogens is 2. The standard InChI is InChI=1S/C14H17ClN2/c1-3-13-9-14(4-2)17(16-13)10-11-6-5-7-12(15)8-11/h5-9H,3-4,10H2,1-2H3. The van der Waals surface area contributed by atoms with Gasteiger partial charge in [-0.05, 0) is 36.6 Å². The summed E-state index contributed by atoms with van der Waals surface area (Å²) >= 11 is 5.99. The molecule has 1 heterocycles. The molecule has 0 saturated carbocycles. The quantitative estimate of drug-likeness (QED) is 0.807. The van der Waals surface area contributed by atoms with Gasteiger partial charge in [0.15, 0.2) is 0 Å². The molecule has 0 aliphatic carbocycles. The zero-order chi connectivity index (χ0) is 12.3. The number of hydrogen-bond acceptors (Lipinski definition) is 1. The minimum Gasteiger partial charge on any atom is -0.265 e. The highest BCUT2D eigenvalue weighted by Gasteiger charge is 2.05. The lowest BCUT2D eigenvalue weighted by atomic mass is 10.2. The molecule has 0 aliphatic heterocycles. The maximum Gasteiger partial charge on any atom is 0.0663 e. The van der Waals surface area contributed by atoms with E-state index in [1.54, 1.807) is 0 Å². The summed E-state index contributed by atoms with van der Waals surface area (Å²) in [6, 6.07) is 10.1. The molecule has 2 aromatic rings. The Kier molecular flexibility index (Phi) is 3.85. The molecular formula is C14H17ClN2. The van der Waals surface area contributed by atoms with Crippen molar-refractivity contribution in [1.29, 1.82) is 0 Å². The van der Waals surface area contributed by atoms with Crippen LogP contribution in [0.4, 0.5) is 0 Å². The summed E-state index contributed by atoms with van der Waals surface area (Å²) in [5.74, 6) is 0. The van der Waals surface area contributed by atoms with Crippen LogP contribution in [-0.2, 0) is 19.4 Å². The minimum atomic E-state index is 0.781. The van der Waals surface area contributed by atoms with Crippen molar-refractivity contribution in [2.24, 2.45) is 0 Å². The fraction of sp³-hybridized carbons (Fsp3) is 0.357. The first-order valence-corrected chi connectivity index (χ1v) is 6.40. The Bertz CT molecular complexity index is 503. The lowest BCUT2D eigenvalue weighted by Gasteiger charge is -2.06. The Hall–Kier alpha value is -1.28. The van der Waals surface area contributed by atoms with E-state index < -0.39 is 0 Å². The maximum atomic E-state index is 5.99. The van der Waals surface area contributed by atoms with Gasteiger partial charge in [0.25, 0.3) is 0 Å². The molecule has 0 amide bonds. The van der Waals surface area contributed by atoms with E-state index in [1.165, 1.54) is 11.3 Å². The first-order valence-electron chi connectivity index (χ1n) is 6.03. The number of hydrogen-bond donors (Lipinski definition) is 0. The first-order chi connectivity index (χ1) is 8.22. The van der Waals surface area contributed by atoms with Gasteiger partial charge in [0, 0.05) is 10.7 Å². The molecule has 0 bridgehead atoms. The molecule has 17 heavy (non-hydrogen) atoms. The van der Waals surface area contributed by atoms with E-state index in [2.05, 4.69) is 35.8 Å². The maximum absolute atomic E-state index is 5.99. The van der Waals surface area contributed by atoms with Crippen molar-refractivity contribution in [1.82, 2.24) is 9.78 Å². The molecule has 0 saturated heterocycles. The van der Waals surface area contributed by atoms with Crippen LogP contribution < -0.4 is 0 Å². The van der Waals surface area contributed by atoms with Crippen molar-refractivity contribution in [2.45, 2.75) is 33.2 Å². The normalized spacial score (nSPS) is 10.8. The smallest absolute Gasteiger partial charge is 0.0663 e. The zero-order valence-corrected chi connectivity index (χ0v) is 11.0. The molecule has 3 heteroatoms. The highest BCUT2D eigenvalue weighted by Crippen LogP contribution is 2.14. The van der Waals surface area contributed by atoms with Crippen molar-refractivity contribution < 1.29 is 0 Å². The van der Waals surface area contributed by atoms with Gasteiger partial charge in [-0.3, -0.25) is 4.68 Å². The van der Waals surface area contributed by atoms with E-state index in [-0.39, 0.29) is 0 Å². The van der Waals surface area contributed by atoms with Gasteiger partial charge in [0.1, 0.15) is 0 Å². The number of aryl methyl sites for hydroxylation is 2. The summed E-state index contributed by atoms with van der Waals surface area (Å²) in [4.78, 5) is 0. The van der Waals surface area contributed by atoms with Gasteiger partial charge < -0.3 is 0 Å². The molecule has 2 nitrogen and oxygen atoms in total. The Morgan fingerprint density at radius 1 is 1.18 bits per heavy atom. The second-order valence-electron chi connectivity index (χ2n) is 4.12. The van der Waals surface area contributed by atoms with Gasteiger partial charge in [-0.2, -0.15) is 5.10 Å². The molecule has 0 N–H and O–H groups in total. The molecule has 0 spiro atoms. The zero-order valence-electron chi connectivity index (χ0n) is 10.3. The van der Waals surface area contributed by atoms with E-state index in [4.69, 9.17) is 11.6 Å². The van der Waals surface area contributed by atoms with Crippen molar-refractivity contribution >= 4 is 11.6 Å². The van der Waals surface area contributed by atoms with E-state index >= 15 is 0 Å². The van der Waals surface area contributed by atoms with Gasteiger partial charge in [0.05, 0.1) is 12.2 Å².